The Hall–Kier alpha value is -1.65. The summed E-state index contributed by atoms with van der Waals surface area (Å²) >= 11 is 0. The summed E-state index contributed by atoms with van der Waals surface area (Å²) in [7, 11) is 1.97. The van der Waals surface area contributed by atoms with E-state index in [-0.39, 0.29) is 5.69 Å². The van der Waals surface area contributed by atoms with Gasteiger partial charge in [-0.3, -0.25) is 4.98 Å². The van der Waals surface area contributed by atoms with Gasteiger partial charge in [0.2, 0.25) is 0 Å². The molecule has 0 aliphatic heterocycles. The van der Waals surface area contributed by atoms with Gasteiger partial charge < -0.3 is 10.0 Å². The molecule has 1 aromatic heterocycles. The van der Waals surface area contributed by atoms with E-state index in [4.69, 9.17) is 5.11 Å². The fraction of sp³-hybridized carbons (Fsp3) is 0.643. The zero-order valence-electron chi connectivity index (χ0n) is 11.1. The highest BCUT2D eigenvalue weighted by Crippen LogP contribution is 2.48. The van der Waals surface area contributed by atoms with Crippen molar-refractivity contribution in [2.24, 2.45) is 17.8 Å². The monoisotopic (exact) mass is 261 g/mol. The van der Waals surface area contributed by atoms with Gasteiger partial charge >= 0.3 is 5.97 Å². The first-order chi connectivity index (χ1) is 9.13. The average Bonchev–Trinajstić information content (AvgIpc) is 3.01. The third-order valence-electron chi connectivity index (χ3n) is 4.62. The number of carboxylic acids is 1. The predicted molar refractivity (Wildman–Crippen MR) is 71.2 cm³/mol. The first-order valence-corrected chi connectivity index (χ1v) is 6.90. The lowest BCUT2D eigenvalue weighted by atomic mass is 9.88. The minimum absolute atomic E-state index is 0.0114. The van der Waals surface area contributed by atoms with Crippen molar-refractivity contribution in [2.75, 3.05) is 18.5 Å². The van der Waals surface area contributed by atoms with Crippen LogP contribution in [0.25, 0.3) is 0 Å². The molecule has 0 saturated heterocycles. The van der Waals surface area contributed by atoms with Crippen LogP contribution in [0, 0.1) is 17.8 Å². The Kier molecular flexibility index (Phi) is 3.12. The molecule has 3 unspecified atom stereocenters. The van der Waals surface area contributed by atoms with Gasteiger partial charge in [0, 0.05) is 13.6 Å². The van der Waals surface area contributed by atoms with E-state index in [9.17, 15) is 4.79 Å². The number of rotatable bonds is 4. The summed E-state index contributed by atoms with van der Waals surface area (Å²) in [6.07, 6.45) is 8.40. The summed E-state index contributed by atoms with van der Waals surface area (Å²) in [6, 6.07) is 0. The lowest BCUT2D eigenvalue weighted by Gasteiger charge is -2.27. The van der Waals surface area contributed by atoms with Crippen LogP contribution in [0.5, 0.6) is 0 Å². The molecule has 1 aromatic rings. The van der Waals surface area contributed by atoms with Gasteiger partial charge in [-0.1, -0.05) is 6.42 Å². The van der Waals surface area contributed by atoms with E-state index in [2.05, 4.69) is 9.97 Å². The molecule has 3 atom stereocenters. The van der Waals surface area contributed by atoms with Crippen molar-refractivity contribution in [2.45, 2.75) is 25.7 Å². The molecule has 2 saturated carbocycles. The normalized spacial score (nSPS) is 28.6. The Morgan fingerprint density at radius 2 is 2.26 bits per heavy atom. The number of carbonyl (C=O) groups is 1. The second-order valence-corrected chi connectivity index (χ2v) is 5.88. The zero-order chi connectivity index (χ0) is 13.4. The maximum absolute atomic E-state index is 10.9. The zero-order valence-corrected chi connectivity index (χ0v) is 11.1. The summed E-state index contributed by atoms with van der Waals surface area (Å²) in [6.45, 7) is 0.957. The van der Waals surface area contributed by atoms with Gasteiger partial charge in [0.1, 0.15) is 5.82 Å². The topological polar surface area (TPSA) is 66.3 Å². The number of hydrogen-bond donors (Lipinski definition) is 1. The van der Waals surface area contributed by atoms with Crippen molar-refractivity contribution in [3.05, 3.63) is 18.1 Å². The van der Waals surface area contributed by atoms with Crippen LogP contribution < -0.4 is 4.90 Å². The molecule has 0 aromatic carbocycles. The first kappa shape index (κ1) is 12.4. The van der Waals surface area contributed by atoms with Gasteiger partial charge in [-0.2, -0.15) is 0 Å². The van der Waals surface area contributed by atoms with Gasteiger partial charge in [-0.15, -0.1) is 0 Å². The first-order valence-electron chi connectivity index (χ1n) is 6.90. The predicted octanol–water partition coefficient (Wildman–Crippen LogP) is 2.05. The number of anilines is 1. The molecule has 2 aliphatic rings. The van der Waals surface area contributed by atoms with Crippen LogP contribution in [0.2, 0.25) is 0 Å². The number of nitrogens with zero attached hydrogens (tertiary/aromatic N) is 3. The molecular weight excluding hydrogens is 242 g/mol. The molecule has 3 rings (SSSR count). The van der Waals surface area contributed by atoms with E-state index in [1.807, 2.05) is 11.9 Å². The molecule has 19 heavy (non-hydrogen) atoms. The molecule has 2 aliphatic carbocycles. The Bertz CT molecular complexity index is 491. The van der Waals surface area contributed by atoms with E-state index >= 15 is 0 Å². The highest BCUT2D eigenvalue weighted by molar-refractivity contribution is 5.85. The summed E-state index contributed by atoms with van der Waals surface area (Å²) in [5.74, 6) is 2.16. The second-order valence-electron chi connectivity index (χ2n) is 5.88. The molecule has 2 fully saturated rings. The van der Waals surface area contributed by atoms with Crippen LogP contribution in [0.3, 0.4) is 0 Å². The minimum Gasteiger partial charge on any atom is -0.476 e. The third kappa shape index (κ3) is 2.41. The summed E-state index contributed by atoms with van der Waals surface area (Å²) in [5, 5.41) is 8.94. The number of aromatic carboxylic acids is 1. The smallest absolute Gasteiger partial charge is 0.356 e. The Labute approximate surface area is 112 Å². The van der Waals surface area contributed by atoms with E-state index < -0.39 is 5.97 Å². The van der Waals surface area contributed by atoms with Gasteiger partial charge in [0.05, 0.1) is 12.4 Å². The van der Waals surface area contributed by atoms with Crippen molar-refractivity contribution in [3.63, 3.8) is 0 Å². The van der Waals surface area contributed by atoms with Crippen molar-refractivity contribution in [1.82, 2.24) is 9.97 Å². The molecule has 0 amide bonds. The molecule has 1 heterocycles. The number of fused-ring (bicyclic) bond motifs is 2. The standard InChI is InChI=1S/C14H19N3O2/c1-17(8-11-5-9-2-3-10(11)4-9)13-7-15-6-12(16-13)14(18)19/h6-7,9-11H,2-5,8H2,1H3,(H,18,19). The van der Waals surface area contributed by atoms with Crippen molar-refractivity contribution >= 4 is 11.8 Å². The summed E-state index contributed by atoms with van der Waals surface area (Å²) in [5.41, 5.74) is 0.0114. The Balaban J connectivity index is 1.68. The summed E-state index contributed by atoms with van der Waals surface area (Å²) in [4.78, 5) is 21.1. The molecule has 0 radical (unpaired) electrons. The number of aromatic nitrogens is 2. The van der Waals surface area contributed by atoms with Crippen LogP contribution in [0.4, 0.5) is 5.82 Å². The number of carboxylic acid groups (broad SMARTS) is 1. The summed E-state index contributed by atoms with van der Waals surface area (Å²) < 4.78 is 0. The third-order valence-corrected chi connectivity index (χ3v) is 4.62. The van der Waals surface area contributed by atoms with E-state index in [1.165, 1.54) is 31.9 Å². The molecule has 5 heteroatoms. The Morgan fingerprint density at radius 3 is 2.89 bits per heavy atom. The molecule has 2 bridgehead atoms. The van der Waals surface area contributed by atoms with Crippen LogP contribution >= 0.6 is 0 Å². The van der Waals surface area contributed by atoms with E-state index in [0.29, 0.717) is 5.82 Å². The average molecular weight is 261 g/mol. The van der Waals surface area contributed by atoms with Crippen molar-refractivity contribution in [3.8, 4) is 0 Å². The molecular formula is C14H19N3O2. The van der Waals surface area contributed by atoms with Gasteiger partial charge in [-0.05, 0) is 37.0 Å². The minimum atomic E-state index is -1.03. The molecule has 102 valence electrons. The fourth-order valence-corrected chi connectivity index (χ4v) is 3.69. The van der Waals surface area contributed by atoms with Gasteiger partial charge in [0.25, 0.3) is 0 Å². The van der Waals surface area contributed by atoms with Crippen LogP contribution in [-0.4, -0.2) is 34.6 Å². The quantitative estimate of drug-likeness (QED) is 0.898. The fourth-order valence-electron chi connectivity index (χ4n) is 3.69. The largest absolute Gasteiger partial charge is 0.476 e. The lowest BCUT2D eigenvalue weighted by molar-refractivity contribution is 0.0690. The highest BCUT2D eigenvalue weighted by atomic mass is 16.4. The lowest BCUT2D eigenvalue weighted by Crippen LogP contribution is -2.29. The van der Waals surface area contributed by atoms with Gasteiger partial charge in [0.15, 0.2) is 5.69 Å². The molecule has 5 nitrogen and oxygen atoms in total. The SMILES string of the molecule is CN(CC1CC2CCC1C2)c1cncc(C(=O)O)n1. The highest BCUT2D eigenvalue weighted by Gasteiger charge is 2.39. The second kappa shape index (κ2) is 4.79. The number of hydrogen-bond acceptors (Lipinski definition) is 4. The maximum Gasteiger partial charge on any atom is 0.356 e. The Morgan fingerprint density at radius 1 is 1.42 bits per heavy atom. The van der Waals surface area contributed by atoms with Crippen LogP contribution in [0.15, 0.2) is 12.4 Å². The van der Waals surface area contributed by atoms with Crippen molar-refractivity contribution in [1.29, 1.82) is 0 Å². The van der Waals surface area contributed by atoms with Gasteiger partial charge in [-0.25, -0.2) is 9.78 Å². The van der Waals surface area contributed by atoms with E-state index in [0.717, 1.165) is 24.3 Å². The maximum atomic E-state index is 10.9. The molecule has 0 spiro atoms. The van der Waals surface area contributed by atoms with Crippen LogP contribution in [-0.2, 0) is 0 Å². The van der Waals surface area contributed by atoms with Crippen molar-refractivity contribution < 1.29 is 9.90 Å². The van der Waals surface area contributed by atoms with Crippen LogP contribution in [0.1, 0.15) is 36.2 Å². The van der Waals surface area contributed by atoms with E-state index in [1.54, 1.807) is 6.20 Å². The molecule has 1 N–H and O–H groups in total.